The van der Waals surface area contributed by atoms with Gasteiger partial charge in [0.1, 0.15) is 5.82 Å². The van der Waals surface area contributed by atoms with Crippen molar-refractivity contribution in [3.8, 4) is 0 Å². The van der Waals surface area contributed by atoms with Crippen molar-refractivity contribution in [3.63, 3.8) is 0 Å². The van der Waals surface area contributed by atoms with E-state index in [-0.39, 0.29) is 12.4 Å². The molecule has 18 heavy (non-hydrogen) atoms. The molecule has 4 nitrogen and oxygen atoms in total. The molecular weight excluding hydrogens is 323 g/mol. The highest BCUT2D eigenvalue weighted by Crippen LogP contribution is 2.15. The van der Waals surface area contributed by atoms with E-state index in [1.807, 2.05) is 0 Å². The van der Waals surface area contributed by atoms with E-state index in [0.717, 1.165) is 4.47 Å². The molecule has 7 heteroatoms. The number of hydrogen-bond acceptors (Lipinski definition) is 2. The Bertz CT molecular complexity index is 457. The van der Waals surface area contributed by atoms with E-state index in [1.165, 1.54) is 6.07 Å². The normalized spacial score (nSPS) is 11.9. The predicted molar refractivity (Wildman–Crippen MR) is 73.3 cm³/mol. The Labute approximate surface area is 116 Å². The topological polar surface area (TPSA) is 58.2 Å². The van der Waals surface area contributed by atoms with Crippen LogP contribution in [0.15, 0.2) is 22.7 Å². The lowest BCUT2D eigenvalue weighted by molar-refractivity contribution is 0.241. The van der Waals surface area contributed by atoms with Gasteiger partial charge in [-0.25, -0.2) is 9.18 Å². The third-order valence-electron chi connectivity index (χ3n) is 2.12. The summed E-state index contributed by atoms with van der Waals surface area (Å²) in [5.74, 6) is 0.0340. The number of hydrogen-bond donors (Lipinski definition) is 2. The van der Waals surface area contributed by atoms with Crippen LogP contribution in [0.25, 0.3) is 0 Å². The average Bonchev–Trinajstić information content (AvgIpc) is 2.30. The number of carbonyl (C=O) groups is 1. The Morgan fingerprint density at radius 1 is 1.44 bits per heavy atom. The van der Waals surface area contributed by atoms with Gasteiger partial charge in [-0.15, -0.1) is 0 Å². The van der Waals surface area contributed by atoms with Gasteiger partial charge in [0.15, 0.2) is 0 Å². The quantitative estimate of drug-likeness (QED) is 0.860. The molecule has 1 aromatic rings. The number of nitrogens with one attached hydrogen (secondary N) is 2. The van der Waals surface area contributed by atoms with Crippen LogP contribution < -0.4 is 10.6 Å². The first-order chi connectivity index (χ1) is 8.49. The van der Waals surface area contributed by atoms with Crippen LogP contribution >= 0.6 is 15.9 Å². The van der Waals surface area contributed by atoms with Crippen LogP contribution in [0, 0.1) is 5.82 Å². The highest BCUT2D eigenvalue weighted by molar-refractivity contribution is 9.10. The summed E-state index contributed by atoms with van der Waals surface area (Å²) in [6.07, 6.45) is 1.57. The average molecular weight is 337 g/mol. The Kier molecular flexibility index (Phi) is 6.28. The first kappa shape index (κ1) is 15.1. The molecule has 2 N–H and O–H groups in total. The number of amides is 2. The van der Waals surface area contributed by atoms with E-state index in [0.29, 0.717) is 17.9 Å². The highest BCUT2D eigenvalue weighted by Gasteiger charge is 2.05. The maximum atomic E-state index is 13.3. The molecule has 0 aliphatic heterocycles. The van der Waals surface area contributed by atoms with Crippen molar-refractivity contribution >= 4 is 32.8 Å². The standard InChI is InChI=1S/C11H14BrFN2O2S/c1-18(17)5-4-14-11(16)15-7-8-6-9(12)2-3-10(8)13/h2-3,6H,4-5,7H2,1H3,(H2,14,15,16)/t18-/m1/s1. The van der Waals surface area contributed by atoms with Crippen molar-refractivity contribution in [2.75, 3.05) is 18.6 Å². The van der Waals surface area contributed by atoms with Gasteiger partial charge in [-0.3, -0.25) is 4.21 Å². The third-order valence-corrected chi connectivity index (χ3v) is 3.39. The summed E-state index contributed by atoms with van der Waals surface area (Å²) < 4.78 is 24.9. The van der Waals surface area contributed by atoms with E-state index in [9.17, 15) is 13.4 Å². The van der Waals surface area contributed by atoms with Crippen molar-refractivity contribution in [2.24, 2.45) is 0 Å². The van der Waals surface area contributed by atoms with E-state index in [1.54, 1.807) is 18.4 Å². The van der Waals surface area contributed by atoms with Crippen molar-refractivity contribution in [3.05, 3.63) is 34.1 Å². The van der Waals surface area contributed by atoms with E-state index in [2.05, 4.69) is 26.6 Å². The van der Waals surface area contributed by atoms with Crippen molar-refractivity contribution in [1.82, 2.24) is 10.6 Å². The first-order valence-corrected chi connectivity index (χ1v) is 7.76. The fraction of sp³-hybridized carbons (Fsp3) is 0.364. The van der Waals surface area contributed by atoms with Crippen LogP contribution in [0.2, 0.25) is 0 Å². The molecule has 0 heterocycles. The van der Waals surface area contributed by atoms with Crippen LogP contribution in [0.1, 0.15) is 5.56 Å². The van der Waals surface area contributed by atoms with Gasteiger partial charge in [0.05, 0.1) is 0 Å². The Hall–Kier alpha value is -0.950. The Morgan fingerprint density at radius 3 is 2.83 bits per heavy atom. The van der Waals surface area contributed by atoms with Gasteiger partial charge in [0.2, 0.25) is 0 Å². The van der Waals surface area contributed by atoms with Gasteiger partial charge in [0, 0.05) is 45.9 Å². The van der Waals surface area contributed by atoms with Gasteiger partial charge in [-0.2, -0.15) is 0 Å². The van der Waals surface area contributed by atoms with Crippen LogP contribution in [0.3, 0.4) is 0 Å². The van der Waals surface area contributed by atoms with Crippen LogP contribution in [-0.4, -0.2) is 28.8 Å². The minimum atomic E-state index is -0.937. The van der Waals surface area contributed by atoms with Gasteiger partial charge in [-0.1, -0.05) is 15.9 Å². The second-order valence-corrected chi connectivity index (χ2v) is 6.09. The summed E-state index contributed by atoms with van der Waals surface area (Å²) in [6, 6.07) is 4.13. The lowest BCUT2D eigenvalue weighted by Gasteiger charge is -2.08. The first-order valence-electron chi connectivity index (χ1n) is 5.24. The monoisotopic (exact) mass is 336 g/mol. The van der Waals surface area contributed by atoms with E-state index < -0.39 is 16.8 Å². The molecule has 0 saturated carbocycles. The lowest BCUT2D eigenvalue weighted by Crippen LogP contribution is -2.37. The minimum absolute atomic E-state index is 0.103. The van der Waals surface area contributed by atoms with Gasteiger partial charge in [-0.05, 0) is 18.2 Å². The molecule has 0 aliphatic carbocycles. The molecule has 0 aliphatic rings. The second kappa shape index (κ2) is 7.48. The summed E-state index contributed by atoms with van der Waals surface area (Å²) in [4.78, 5) is 11.3. The number of halogens is 2. The summed E-state index contributed by atoms with van der Waals surface area (Å²) in [6.45, 7) is 0.433. The molecule has 0 fully saturated rings. The Balaban J connectivity index is 2.38. The maximum Gasteiger partial charge on any atom is 0.315 e. The highest BCUT2D eigenvalue weighted by atomic mass is 79.9. The number of rotatable bonds is 5. The molecule has 2 amide bonds. The molecule has 0 spiro atoms. The molecule has 0 bridgehead atoms. The number of carbonyl (C=O) groups excluding carboxylic acids is 1. The smallest absolute Gasteiger partial charge is 0.315 e. The van der Waals surface area contributed by atoms with Crippen molar-refractivity contribution < 1.29 is 13.4 Å². The fourth-order valence-corrected chi connectivity index (χ4v) is 2.02. The number of urea groups is 1. The minimum Gasteiger partial charge on any atom is -0.337 e. The molecule has 1 atom stereocenters. The van der Waals surface area contributed by atoms with Gasteiger partial charge < -0.3 is 10.6 Å². The molecule has 0 saturated heterocycles. The van der Waals surface area contributed by atoms with Crippen molar-refractivity contribution in [2.45, 2.75) is 6.54 Å². The molecule has 0 unspecified atom stereocenters. The fourth-order valence-electron chi connectivity index (χ4n) is 1.23. The largest absolute Gasteiger partial charge is 0.337 e. The summed E-state index contributed by atoms with van der Waals surface area (Å²) >= 11 is 3.23. The maximum absolute atomic E-state index is 13.3. The van der Waals surface area contributed by atoms with Gasteiger partial charge >= 0.3 is 6.03 Å². The predicted octanol–water partition coefficient (Wildman–Crippen LogP) is 1.77. The lowest BCUT2D eigenvalue weighted by atomic mass is 10.2. The number of benzene rings is 1. The SMILES string of the molecule is C[S@@](=O)CCNC(=O)NCc1cc(Br)ccc1F. The molecular formula is C11H14BrFN2O2S. The zero-order chi connectivity index (χ0) is 13.5. The zero-order valence-electron chi connectivity index (χ0n) is 9.83. The third kappa shape index (κ3) is 5.59. The van der Waals surface area contributed by atoms with Crippen LogP contribution in [0.5, 0.6) is 0 Å². The summed E-state index contributed by atoms with van der Waals surface area (Å²) in [5, 5.41) is 5.07. The van der Waals surface area contributed by atoms with E-state index in [4.69, 9.17) is 0 Å². The molecule has 1 aromatic carbocycles. The molecule has 100 valence electrons. The molecule has 1 rings (SSSR count). The summed E-state index contributed by atoms with van der Waals surface area (Å²) in [7, 11) is -0.937. The Morgan fingerprint density at radius 2 is 2.17 bits per heavy atom. The molecule has 0 aromatic heterocycles. The van der Waals surface area contributed by atoms with Crippen LogP contribution in [0.4, 0.5) is 9.18 Å². The molecule has 0 radical (unpaired) electrons. The van der Waals surface area contributed by atoms with Gasteiger partial charge in [0.25, 0.3) is 0 Å². The van der Waals surface area contributed by atoms with Crippen LogP contribution in [-0.2, 0) is 17.3 Å². The zero-order valence-corrected chi connectivity index (χ0v) is 12.2. The van der Waals surface area contributed by atoms with E-state index >= 15 is 0 Å². The second-order valence-electron chi connectivity index (χ2n) is 3.62. The summed E-state index contributed by atoms with van der Waals surface area (Å²) in [5.41, 5.74) is 0.401. The van der Waals surface area contributed by atoms with Crippen molar-refractivity contribution in [1.29, 1.82) is 0 Å².